The molecule has 0 aliphatic carbocycles. The molecule has 0 radical (unpaired) electrons. The minimum absolute atomic E-state index is 0.175. The standard InChI is InChI=1S/C25H29N3O2.C4H4O4/c29-24(27-14-11-20-5-1-2-6-21(20)16-27)18-26-12-9-19(10-13-26)15-28-17-22-7-3-4-8-23(22)25(28)30;5-3(6)1-2-4(7)8/h1-8,19H,9-18H2;1-2H,(H,5,6)(H,7,8)/b;2-1+. The molecule has 3 heterocycles. The molecule has 1 fully saturated rings. The third-order valence-electron chi connectivity index (χ3n) is 7.29. The number of piperidine rings is 1. The maximum Gasteiger partial charge on any atom is 0.328 e. The van der Waals surface area contributed by atoms with Gasteiger partial charge in [0.15, 0.2) is 0 Å². The van der Waals surface area contributed by atoms with Crippen LogP contribution in [0.4, 0.5) is 0 Å². The molecule has 0 atom stereocenters. The van der Waals surface area contributed by atoms with Crippen molar-refractivity contribution >= 4 is 23.8 Å². The molecule has 200 valence electrons. The molecule has 0 saturated carbocycles. The molecular weight excluding hydrogens is 486 g/mol. The lowest BCUT2D eigenvalue weighted by Gasteiger charge is -2.35. The zero-order chi connectivity index (χ0) is 27.1. The highest BCUT2D eigenvalue weighted by molar-refractivity contribution is 5.98. The Balaban J connectivity index is 0.000000368. The largest absolute Gasteiger partial charge is 0.478 e. The third kappa shape index (κ3) is 7.07. The predicted octanol–water partition coefficient (Wildman–Crippen LogP) is 2.65. The van der Waals surface area contributed by atoms with Crippen LogP contribution in [0.15, 0.2) is 60.7 Å². The molecule has 9 nitrogen and oxygen atoms in total. The van der Waals surface area contributed by atoms with Crippen LogP contribution in [-0.4, -0.2) is 81.4 Å². The van der Waals surface area contributed by atoms with E-state index in [0.717, 1.165) is 69.7 Å². The molecule has 38 heavy (non-hydrogen) atoms. The van der Waals surface area contributed by atoms with E-state index in [0.29, 0.717) is 24.6 Å². The van der Waals surface area contributed by atoms with Crippen molar-refractivity contribution in [2.75, 3.05) is 32.7 Å². The molecule has 2 N–H and O–H groups in total. The van der Waals surface area contributed by atoms with Gasteiger partial charge >= 0.3 is 11.9 Å². The Morgan fingerprint density at radius 1 is 0.816 bits per heavy atom. The van der Waals surface area contributed by atoms with Crippen molar-refractivity contribution in [2.45, 2.75) is 32.4 Å². The first-order valence-corrected chi connectivity index (χ1v) is 12.9. The highest BCUT2D eigenvalue weighted by atomic mass is 16.4. The van der Waals surface area contributed by atoms with Crippen LogP contribution in [0.2, 0.25) is 0 Å². The number of rotatable bonds is 6. The van der Waals surface area contributed by atoms with Crippen LogP contribution in [-0.2, 0) is 33.9 Å². The van der Waals surface area contributed by atoms with E-state index < -0.39 is 11.9 Å². The lowest BCUT2D eigenvalue weighted by Crippen LogP contribution is -2.46. The van der Waals surface area contributed by atoms with Gasteiger partial charge in [-0.3, -0.25) is 14.5 Å². The quantitative estimate of drug-likeness (QED) is 0.564. The first-order chi connectivity index (χ1) is 18.3. The number of benzene rings is 2. The summed E-state index contributed by atoms with van der Waals surface area (Å²) in [7, 11) is 0. The van der Waals surface area contributed by atoms with Crippen molar-refractivity contribution in [3.8, 4) is 0 Å². The Morgan fingerprint density at radius 2 is 1.42 bits per heavy atom. The molecule has 2 aromatic carbocycles. The lowest BCUT2D eigenvalue weighted by molar-refractivity contribution is -0.134. The van der Waals surface area contributed by atoms with Crippen molar-refractivity contribution in [3.05, 3.63) is 82.9 Å². The Bertz CT molecular complexity index is 1200. The van der Waals surface area contributed by atoms with Gasteiger partial charge in [-0.2, -0.15) is 0 Å². The van der Waals surface area contributed by atoms with Crippen LogP contribution >= 0.6 is 0 Å². The lowest BCUT2D eigenvalue weighted by atomic mass is 9.96. The van der Waals surface area contributed by atoms with Crippen LogP contribution in [0, 0.1) is 5.92 Å². The number of carbonyl (C=O) groups is 4. The number of carbonyl (C=O) groups excluding carboxylic acids is 2. The monoisotopic (exact) mass is 519 g/mol. The Morgan fingerprint density at radius 3 is 2.05 bits per heavy atom. The molecule has 3 aliphatic rings. The number of nitrogens with zero attached hydrogens (tertiary/aromatic N) is 3. The average molecular weight is 520 g/mol. The summed E-state index contributed by atoms with van der Waals surface area (Å²) < 4.78 is 0. The molecule has 3 aliphatic heterocycles. The van der Waals surface area contributed by atoms with E-state index >= 15 is 0 Å². The van der Waals surface area contributed by atoms with E-state index in [4.69, 9.17) is 10.2 Å². The van der Waals surface area contributed by atoms with E-state index in [2.05, 4.69) is 35.2 Å². The normalized spacial score (nSPS) is 17.5. The Kier molecular flexibility index (Phi) is 8.91. The summed E-state index contributed by atoms with van der Waals surface area (Å²) in [5.41, 5.74) is 4.67. The van der Waals surface area contributed by atoms with Gasteiger partial charge in [-0.05, 0) is 61.0 Å². The fourth-order valence-corrected chi connectivity index (χ4v) is 5.24. The number of aliphatic carboxylic acids is 2. The topological polar surface area (TPSA) is 118 Å². The number of amides is 2. The summed E-state index contributed by atoms with van der Waals surface area (Å²) >= 11 is 0. The predicted molar refractivity (Wildman–Crippen MR) is 140 cm³/mol. The summed E-state index contributed by atoms with van der Waals surface area (Å²) in [6.07, 6.45) is 4.17. The first kappa shape index (κ1) is 27.1. The second kappa shape index (κ2) is 12.5. The Hall–Kier alpha value is -3.98. The van der Waals surface area contributed by atoms with Crippen molar-refractivity contribution < 1.29 is 29.4 Å². The molecule has 1 saturated heterocycles. The average Bonchev–Trinajstić information content (AvgIpc) is 3.23. The fourth-order valence-electron chi connectivity index (χ4n) is 5.24. The van der Waals surface area contributed by atoms with Crippen molar-refractivity contribution in [2.24, 2.45) is 5.92 Å². The molecule has 5 rings (SSSR count). The second-order valence-corrected chi connectivity index (χ2v) is 9.91. The number of carboxylic acid groups (broad SMARTS) is 2. The van der Waals surface area contributed by atoms with Crippen molar-refractivity contribution in [3.63, 3.8) is 0 Å². The number of carboxylic acids is 2. The minimum Gasteiger partial charge on any atom is -0.478 e. The first-order valence-electron chi connectivity index (χ1n) is 12.9. The van der Waals surface area contributed by atoms with Gasteiger partial charge in [0.05, 0.1) is 6.54 Å². The minimum atomic E-state index is -1.26. The van der Waals surface area contributed by atoms with Crippen LogP contribution in [0.5, 0.6) is 0 Å². The van der Waals surface area contributed by atoms with E-state index in [-0.39, 0.29) is 11.8 Å². The van der Waals surface area contributed by atoms with E-state index in [9.17, 15) is 19.2 Å². The summed E-state index contributed by atoms with van der Waals surface area (Å²) in [6, 6.07) is 16.4. The smallest absolute Gasteiger partial charge is 0.328 e. The van der Waals surface area contributed by atoms with Crippen LogP contribution < -0.4 is 0 Å². The summed E-state index contributed by atoms with van der Waals surface area (Å²) in [4.78, 5) is 50.9. The number of hydrogen-bond acceptors (Lipinski definition) is 5. The molecule has 2 aromatic rings. The van der Waals surface area contributed by atoms with Gasteiger partial charge in [-0.15, -0.1) is 0 Å². The summed E-state index contributed by atoms with van der Waals surface area (Å²) in [5, 5.41) is 15.6. The molecule has 0 bridgehead atoms. The molecule has 0 unspecified atom stereocenters. The van der Waals surface area contributed by atoms with Crippen LogP contribution in [0.25, 0.3) is 0 Å². The molecule has 0 aromatic heterocycles. The van der Waals surface area contributed by atoms with Gasteiger partial charge in [-0.1, -0.05) is 42.5 Å². The zero-order valence-electron chi connectivity index (χ0n) is 21.3. The molecule has 9 heteroatoms. The van der Waals surface area contributed by atoms with Gasteiger partial charge in [0.2, 0.25) is 5.91 Å². The number of likely N-dealkylation sites (tertiary alicyclic amines) is 1. The van der Waals surface area contributed by atoms with Gasteiger partial charge in [-0.25, -0.2) is 9.59 Å². The Labute approximate surface area is 222 Å². The van der Waals surface area contributed by atoms with Gasteiger partial charge in [0.25, 0.3) is 5.91 Å². The van der Waals surface area contributed by atoms with Gasteiger partial charge in [0.1, 0.15) is 0 Å². The van der Waals surface area contributed by atoms with Gasteiger partial charge < -0.3 is 20.0 Å². The van der Waals surface area contributed by atoms with Crippen molar-refractivity contribution in [1.82, 2.24) is 14.7 Å². The fraction of sp³-hybridized carbons (Fsp3) is 0.379. The number of hydrogen-bond donors (Lipinski definition) is 2. The van der Waals surface area contributed by atoms with Crippen LogP contribution in [0.3, 0.4) is 0 Å². The van der Waals surface area contributed by atoms with Crippen molar-refractivity contribution in [1.29, 1.82) is 0 Å². The molecular formula is C29H33N3O6. The molecule has 0 spiro atoms. The maximum atomic E-state index is 12.8. The van der Waals surface area contributed by atoms with Gasteiger partial charge in [0, 0.05) is 43.9 Å². The highest BCUT2D eigenvalue weighted by Gasteiger charge is 2.31. The van der Waals surface area contributed by atoms with Crippen LogP contribution in [0.1, 0.15) is 39.9 Å². The zero-order valence-corrected chi connectivity index (χ0v) is 21.3. The van der Waals surface area contributed by atoms with E-state index in [1.54, 1.807) is 0 Å². The summed E-state index contributed by atoms with van der Waals surface area (Å²) in [5.74, 6) is -1.57. The maximum absolute atomic E-state index is 12.8. The number of fused-ring (bicyclic) bond motifs is 2. The highest BCUT2D eigenvalue weighted by Crippen LogP contribution is 2.26. The third-order valence-corrected chi connectivity index (χ3v) is 7.29. The van der Waals surface area contributed by atoms with E-state index in [1.165, 1.54) is 11.1 Å². The SMILES string of the molecule is O=C(CN1CCC(CN2Cc3ccccc3C2=O)CC1)N1CCc2ccccc2C1.O=C(O)/C=C/C(=O)O. The summed E-state index contributed by atoms with van der Waals surface area (Å²) in [6.45, 7) is 5.53. The molecule has 2 amide bonds. The van der Waals surface area contributed by atoms with E-state index in [1.807, 2.05) is 28.0 Å². The second-order valence-electron chi connectivity index (χ2n) is 9.91.